The van der Waals surface area contributed by atoms with Crippen LogP contribution in [0.5, 0.6) is 0 Å². The lowest BCUT2D eigenvalue weighted by atomic mass is 9.90. The molecule has 8 N–H and O–H groups in total. The summed E-state index contributed by atoms with van der Waals surface area (Å²) in [5.74, 6) is 2.05. The number of fused-ring (bicyclic) bond motifs is 3. The van der Waals surface area contributed by atoms with E-state index in [9.17, 15) is 0 Å². The minimum Gasteiger partial charge on any atom is -0.381 e. The number of nitrogens with two attached hydrogens (primary N) is 1. The Bertz CT molecular complexity index is 3200. The molecular formula is C53H73Br3Cl3N21O4. The summed E-state index contributed by atoms with van der Waals surface area (Å²) in [5.41, 5.74) is 8.39. The van der Waals surface area contributed by atoms with Gasteiger partial charge in [0.05, 0.1) is 73.7 Å². The highest BCUT2D eigenvalue weighted by Gasteiger charge is 2.31. The quantitative estimate of drug-likeness (QED) is 0.0496. The maximum Gasteiger partial charge on any atom is 0.231 e. The van der Waals surface area contributed by atoms with Gasteiger partial charge in [0.1, 0.15) is 30.6 Å². The van der Waals surface area contributed by atoms with Gasteiger partial charge in [-0.2, -0.15) is 45.3 Å². The second-order valence-corrected chi connectivity index (χ2v) is 25.6. The molecule has 25 nitrogen and oxygen atoms in total. The number of aromatic amines is 3. The van der Waals surface area contributed by atoms with Crippen LogP contribution in [0.3, 0.4) is 0 Å². The fourth-order valence-electron chi connectivity index (χ4n) is 12.4. The zero-order chi connectivity index (χ0) is 57.9. The largest absolute Gasteiger partial charge is 0.381 e. The molecule has 84 heavy (non-hydrogen) atoms. The van der Waals surface area contributed by atoms with Crippen LogP contribution >= 0.6 is 82.6 Å². The molecule has 11 heterocycles. The van der Waals surface area contributed by atoms with E-state index in [0.29, 0.717) is 69.1 Å². The van der Waals surface area contributed by atoms with Crippen LogP contribution in [0, 0.1) is 0 Å². The highest BCUT2D eigenvalue weighted by Crippen LogP contribution is 2.35. The van der Waals surface area contributed by atoms with Gasteiger partial charge in [-0.15, -0.1) is 0 Å². The molecule has 3 saturated carbocycles. The molecule has 4 aliphatic heterocycles. The van der Waals surface area contributed by atoms with E-state index in [2.05, 4.69) is 139 Å². The maximum absolute atomic E-state index is 6.03. The Kier molecular flexibility index (Phi) is 22.1. The molecule has 7 fully saturated rings. The van der Waals surface area contributed by atoms with Crippen molar-refractivity contribution < 1.29 is 18.9 Å². The van der Waals surface area contributed by atoms with Gasteiger partial charge in [0.2, 0.25) is 16.5 Å². The van der Waals surface area contributed by atoms with Crippen LogP contribution in [0.1, 0.15) is 95.9 Å². The van der Waals surface area contributed by atoms with Gasteiger partial charge in [0, 0.05) is 94.9 Å². The normalized spacial score (nSPS) is 25.0. The summed E-state index contributed by atoms with van der Waals surface area (Å²) in [6.45, 7) is 13.3. The molecule has 0 atom stereocenters. The Morgan fingerprint density at radius 2 is 0.893 bits per heavy atom. The van der Waals surface area contributed by atoms with E-state index >= 15 is 0 Å². The first-order valence-corrected chi connectivity index (χ1v) is 32.8. The van der Waals surface area contributed by atoms with E-state index in [1.54, 1.807) is 0 Å². The van der Waals surface area contributed by atoms with Gasteiger partial charge in [-0.1, -0.05) is 11.6 Å². The average Bonchev–Trinajstić information content (AvgIpc) is 4.53. The topological polar surface area (TPSA) is 290 Å². The number of hydrogen-bond acceptors (Lipinski definition) is 21. The van der Waals surface area contributed by atoms with Gasteiger partial charge in [0.15, 0.2) is 16.9 Å². The minimum atomic E-state index is 0.0894. The third-order valence-corrected chi connectivity index (χ3v) is 19.3. The fraction of sp³-hybridized carbons (Fsp3) is 0.660. The molecule has 31 heteroatoms. The summed E-state index contributed by atoms with van der Waals surface area (Å²) in [7, 11) is 0. The number of morpholine rings is 3. The lowest BCUT2D eigenvalue weighted by Crippen LogP contribution is -2.46. The second-order valence-electron chi connectivity index (χ2n) is 22.2. The maximum atomic E-state index is 6.03. The lowest BCUT2D eigenvalue weighted by molar-refractivity contribution is 0.00749. The van der Waals surface area contributed by atoms with Crippen LogP contribution in [0.15, 0.2) is 26.2 Å². The Morgan fingerprint density at radius 1 is 0.476 bits per heavy atom. The summed E-state index contributed by atoms with van der Waals surface area (Å²) in [5, 5.41) is 39.0. The van der Waals surface area contributed by atoms with Gasteiger partial charge in [-0.3, -0.25) is 34.7 Å². The third kappa shape index (κ3) is 16.1. The van der Waals surface area contributed by atoms with Crippen molar-refractivity contribution in [3.05, 3.63) is 41.9 Å². The van der Waals surface area contributed by atoms with Crippen molar-refractivity contribution in [1.82, 2.24) is 85.0 Å². The Hall–Kier alpha value is -3.75. The van der Waals surface area contributed by atoms with Crippen LogP contribution in [0.4, 0.5) is 23.3 Å². The standard InChI is InChI=1S/C23H32BrN9O2.C15H20BrClN6O.C10H20N2O.C5HBrCl2N4/c24-20-19-21(26-15-1-3-17(4-2-15)32-7-11-35-12-8-32)28-23(29-22(19)31-30-20)27-16-13-25-33(14-16)18-5-9-34-10-6-18;16-12-11-13(19-15(17)20-14(11)22-21-12)18-9-1-3-10(4-2-9)23-5-7-24-8-6-23;11-9-1-3-10(4-2-9)12-5-7-13-8-6-12;6-2-1-3(7)9-5(8)10-4(1)12-11-2/h13-15,17-18H,1-12H2,(H3,26,27,28,29,30,31);9-10H,1-8H2,(H2,18,19,20,21,22);9-10H,1-8,11H2;(H,9,10,11,12). The van der Waals surface area contributed by atoms with Crippen molar-refractivity contribution in [2.45, 2.75) is 132 Å². The molecule has 0 spiro atoms. The highest BCUT2D eigenvalue weighted by molar-refractivity contribution is 9.11. The van der Waals surface area contributed by atoms with Crippen LogP contribution < -0.4 is 21.7 Å². The van der Waals surface area contributed by atoms with Crippen LogP contribution in [0.25, 0.3) is 33.1 Å². The molecular weight excluding hydrogens is 1340 g/mol. The SMILES string of the molecule is Brc1[nH]nc2nc(Nc3cnn(C4CCOCC4)c3)nc(NC3CCC(N4CCOCC4)CC3)c12.Clc1nc(Cl)c2c(Br)[nH]nc2n1.Clc1nc(NC2CCC(N3CCOCC3)CC2)c2c(Br)[nH]nc2n1.NC1CCC(N2CCOCC2)CC1. The molecule has 7 aromatic heterocycles. The lowest BCUT2D eigenvalue weighted by Gasteiger charge is -2.39. The predicted octanol–water partition coefficient (Wildman–Crippen LogP) is 9.30. The molecule has 0 aromatic carbocycles. The van der Waals surface area contributed by atoms with E-state index in [1.165, 1.54) is 51.4 Å². The number of hydrogen-bond donors (Lipinski definition) is 7. The molecule has 14 rings (SSSR count). The van der Waals surface area contributed by atoms with E-state index < -0.39 is 0 Å². The van der Waals surface area contributed by atoms with Gasteiger partial charge in [-0.05, 0) is 161 Å². The zero-order valence-electron chi connectivity index (χ0n) is 46.7. The van der Waals surface area contributed by atoms with Gasteiger partial charge in [-0.25, -0.2) is 4.98 Å². The zero-order valence-corrected chi connectivity index (χ0v) is 53.8. The number of nitrogens with zero attached hydrogens (tertiary/aromatic N) is 14. The highest BCUT2D eigenvalue weighted by atomic mass is 79.9. The van der Waals surface area contributed by atoms with E-state index in [0.717, 1.165) is 174 Å². The summed E-state index contributed by atoms with van der Waals surface area (Å²) in [4.78, 5) is 33.4. The first-order valence-electron chi connectivity index (χ1n) is 29.3. The number of aromatic nitrogens is 14. The minimum absolute atomic E-state index is 0.0894. The molecule has 7 aliphatic rings. The number of rotatable bonds is 10. The van der Waals surface area contributed by atoms with Crippen LogP contribution in [-0.4, -0.2) is 213 Å². The van der Waals surface area contributed by atoms with Crippen LogP contribution in [0.2, 0.25) is 15.7 Å². The first kappa shape index (κ1) is 61.9. The molecule has 4 saturated heterocycles. The first-order chi connectivity index (χ1) is 41.0. The second kappa shape index (κ2) is 30.0. The molecule has 0 amide bonds. The van der Waals surface area contributed by atoms with Gasteiger partial charge < -0.3 is 40.6 Å². The van der Waals surface area contributed by atoms with Crippen molar-refractivity contribution in [1.29, 1.82) is 0 Å². The number of ether oxygens (including phenoxy) is 4. The summed E-state index contributed by atoms with van der Waals surface area (Å²) in [6.07, 6.45) is 20.1. The van der Waals surface area contributed by atoms with Crippen molar-refractivity contribution in [2.24, 2.45) is 5.73 Å². The van der Waals surface area contributed by atoms with E-state index in [-0.39, 0.29) is 15.7 Å². The van der Waals surface area contributed by atoms with Crippen molar-refractivity contribution in [3.8, 4) is 0 Å². The average molecular weight is 1410 g/mol. The summed E-state index contributed by atoms with van der Waals surface area (Å²) < 4.78 is 26.0. The molecule has 0 radical (unpaired) electrons. The van der Waals surface area contributed by atoms with Crippen molar-refractivity contribution in [3.63, 3.8) is 0 Å². The summed E-state index contributed by atoms with van der Waals surface area (Å²) >= 11 is 27.6. The van der Waals surface area contributed by atoms with Crippen molar-refractivity contribution in [2.75, 3.05) is 108 Å². The molecule has 7 aromatic rings. The monoisotopic (exact) mass is 1410 g/mol. The van der Waals surface area contributed by atoms with Gasteiger partial charge in [0.25, 0.3) is 0 Å². The number of anilines is 4. The number of nitrogens with one attached hydrogen (secondary N) is 6. The third-order valence-electron chi connectivity index (χ3n) is 16.9. The smallest absolute Gasteiger partial charge is 0.231 e. The Labute approximate surface area is 527 Å². The van der Waals surface area contributed by atoms with E-state index in [1.807, 2.05) is 17.1 Å². The molecule has 0 unspecified atom stereocenters. The Balaban J connectivity index is 0.000000129. The molecule has 0 bridgehead atoms. The fourth-order valence-corrected chi connectivity index (χ4v) is 14.5. The van der Waals surface area contributed by atoms with Crippen LogP contribution in [-0.2, 0) is 18.9 Å². The van der Waals surface area contributed by atoms with E-state index in [4.69, 9.17) is 64.5 Å². The molecule has 3 aliphatic carbocycles. The van der Waals surface area contributed by atoms with Gasteiger partial charge >= 0.3 is 0 Å². The molecule has 456 valence electrons. The van der Waals surface area contributed by atoms with Crippen molar-refractivity contribution >= 4 is 139 Å². The predicted molar refractivity (Wildman–Crippen MR) is 335 cm³/mol. The number of halogens is 6. The Morgan fingerprint density at radius 3 is 1.39 bits per heavy atom. The number of H-pyrrole nitrogens is 3. The summed E-state index contributed by atoms with van der Waals surface area (Å²) in [6, 6.07) is 3.75.